The van der Waals surface area contributed by atoms with E-state index in [0.717, 1.165) is 5.56 Å². The van der Waals surface area contributed by atoms with Gasteiger partial charge in [-0.2, -0.15) is 0 Å². The molecule has 0 atom stereocenters. The first kappa shape index (κ1) is 21.2. The van der Waals surface area contributed by atoms with E-state index in [9.17, 15) is 9.59 Å². The van der Waals surface area contributed by atoms with Crippen LogP contribution in [0.5, 0.6) is 11.5 Å². The number of methoxy groups -OCH3 is 1. The number of para-hydroxylation sites is 1. The molecular weight excluding hydrogens is 408 g/mol. The lowest BCUT2D eigenvalue weighted by Crippen LogP contribution is -2.15. The van der Waals surface area contributed by atoms with Gasteiger partial charge in [-0.25, -0.2) is 4.79 Å². The Morgan fingerprint density at radius 1 is 0.969 bits per heavy atom. The zero-order valence-corrected chi connectivity index (χ0v) is 17.8. The van der Waals surface area contributed by atoms with E-state index in [4.69, 9.17) is 18.6 Å². The van der Waals surface area contributed by atoms with Crippen LogP contribution in [0.4, 0.5) is 0 Å². The average molecular weight is 430 g/mol. The number of rotatable bonds is 7. The molecule has 4 aromatic rings. The number of carbonyl (C=O) groups is 1. The fraction of sp³-hybridized carbons (Fsp3) is 0.154. The van der Waals surface area contributed by atoms with Gasteiger partial charge in [0.05, 0.1) is 24.7 Å². The Morgan fingerprint density at radius 3 is 2.47 bits per heavy atom. The highest BCUT2D eigenvalue weighted by Crippen LogP contribution is 2.33. The van der Waals surface area contributed by atoms with Crippen molar-refractivity contribution in [3.05, 3.63) is 94.3 Å². The highest BCUT2D eigenvalue weighted by Gasteiger charge is 2.25. The van der Waals surface area contributed by atoms with Crippen LogP contribution in [0.25, 0.3) is 22.1 Å². The Morgan fingerprint density at radius 2 is 1.72 bits per heavy atom. The minimum atomic E-state index is -0.719. The van der Waals surface area contributed by atoms with Crippen LogP contribution in [0, 0.1) is 0 Å². The van der Waals surface area contributed by atoms with Gasteiger partial charge in [0, 0.05) is 11.6 Å². The fourth-order valence-electron chi connectivity index (χ4n) is 3.44. The summed E-state index contributed by atoms with van der Waals surface area (Å²) in [6.45, 7) is 2.20. The van der Waals surface area contributed by atoms with Gasteiger partial charge in [0.2, 0.25) is 11.2 Å². The van der Waals surface area contributed by atoms with E-state index in [1.807, 2.05) is 30.3 Å². The number of fused-ring (bicyclic) bond motifs is 1. The summed E-state index contributed by atoms with van der Waals surface area (Å²) in [5.41, 5.74) is 1.45. The standard InChI is InChI=1S/C26H22O6/c1-3-30-26(28)25-23(19-11-7-8-12-21(19)29-2)24(27)20-14-13-18(15-22(20)32-25)31-16-17-9-5-4-6-10-17/h4-15H,3,16H2,1-2H3. The summed E-state index contributed by atoms with van der Waals surface area (Å²) in [4.78, 5) is 26.2. The molecule has 0 amide bonds. The molecule has 0 bridgehead atoms. The van der Waals surface area contributed by atoms with E-state index >= 15 is 0 Å². The minimum Gasteiger partial charge on any atom is -0.496 e. The van der Waals surface area contributed by atoms with Gasteiger partial charge in [-0.3, -0.25) is 4.79 Å². The van der Waals surface area contributed by atoms with Crippen molar-refractivity contribution in [3.63, 3.8) is 0 Å². The fourth-order valence-corrected chi connectivity index (χ4v) is 3.44. The Labute approximate surface area is 185 Å². The summed E-state index contributed by atoms with van der Waals surface area (Å²) >= 11 is 0. The number of hydrogen-bond acceptors (Lipinski definition) is 6. The molecule has 3 aromatic carbocycles. The van der Waals surface area contributed by atoms with Crippen molar-refractivity contribution in [1.82, 2.24) is 0 Å². The smallest absolute Gasteiger partial charge is 0.375 e. The maximum atomic E-state index is 13.5. The molecule has 162 valence electrons. The van der Waals surface area contributed by atoms with E-state index in [1.54, 1.807) is 49.4 Å². The first-order valence-corrected chi connectivity index (χ1v) is 10.2. The number of esters is 1. The van der Waals surface area contributed by atoms with Crippen LogP contribution >= 0.6 is 0 Å². The highest BCUT2D eigenvalue weighted by atomic mass is 16.5. The summed E-state index contributed by atoms with van der Waals surface area (Å²) in [6.07, 6.45) is 0. The average Bonchev–Trinajstić information content (AvgIpc) is 2.83. The molecular formula is C26H22O6. The lowest BCUT2D eigenvalue weighted by atomic mass is 10.0. The van der Waals surface area contributed by atoms with Crippen LogP contribution < -0.4 is 14.9 Å². The van der Waals surface area contributed by atoms with Crippen molar-refractivity contribution in [2.45, 2.75) is 13.5 Å². The molecule has 0 fully saturated rings. The molecule has 6 heteroatoms. The Balaban J connectivity index is 1.83. The van der Waals surface area contributed by atoms with Gasteiger partial charge in [-0.1, -0.05) is 48.5 Å². The van der Waals surface area contributed by atoms with E-state index in [2.05, 4.69) is 0 Å². The third-order valence-electron chi connectivity index (χ3n) is 4.95. The van der Waals surface area contributed by atoms with Gasteiger partial charge in [0.15, 0.2) is 0 Å². The maximum absolute atomic E-state index is 13.5. The molecule has 0 N–H and O–H groups in total. The van der Waals surface area contributed by atoms with Gasteiger partial charge in [0.1, 0.15) is 23.7 Å². The van der Waals surface area contributed by atoms with E-state index in [-0.39, 0.29) is 28.9 Å². The number of hydrogen-bond donors (Lipinski definition) is 0. The van der Waals surface area contributed by atoms with Crippen molar-refractivity contribution >= 4 is 16.9 Å². The van der Waals surface area contributed by atoms with Crippen LogP contribution in [0.15, 0.2) is 82.0 Å². The topological polar surface area (TPSA) is 75.0 Å². The van der Waals surface area contributed by atoms with Crippen molar-refractivity contribution in [1.29, 1.82) is 0 Å². The molecule has 6 nitrogen and oxygen atoms in total. The largest absolute Gasteiger partial charge is 0.496 e. The second kappa shape index (κ2) is 9.39. The summed E-state index contributed by atoms with van der Waals surface area (Å²) in [7, 11) is 1.50. The normalized spacial score (nSPS) is 10.7. The third kappa shape index (κ3) is 4.21. The molecule has 0 aliphatic carbocycles. The molecule has 0 spiro atoms. The van der Waals surface area contributed by atoms with Gasteiger partial charge < -0.3 is 18.6 Å². The van der Waals surface area contributed by atoms with Crippen LogP contribution in [-0.4, -0.2) is 19.7 Å². The van der Waals surface area contributed by atoms with Crippen LogP contribution in [0.1, 0.15) is 23.0 Å². The molecule has 1 heterocycles. The second-order valence-electron chi connectivity index (χ2n) is 6.99. The molecule has 32 heavy (non-hydrogen) atoms. The zero-order chi connectivity index (χ0) is 22.5. The summed E-state index contributed by atoms with van der Waals surface area (Å²) in [5, 5.41) is 0.325. The molecule has 0 unspecified atom stereocenters. The highest BCUT2D eigenvalue weighted by molar-refractivity contribution is 5.98. The number of carbonyl (C=O) groups excluding carboxylic acids is 1. The monoisotopic (exact) mass is 430 g/mol. The third-order valence-corrected chi connectivity index (χ3v) is 4.95. The molecule has 0 aliphatic heterocycles. The maximum Gasteiger partial charge on any atom is 0.375 e. The molecule has 0 radical (unpaired) electrons. The molecule has 0 saturated carbocycles. The first-order valence-electron chi connectivity index (χ1n) is 10.2. The number of benzene rings is 3. The van der Waals surface area contributed by atoms with Crippen molar-refractivity contribution in [3.8, 4) is 22.6 Å². The Bertz CT molecular complexity index is 1310. The summed E-state index contributed by atoms with van der Waals surface area (Å²) in [6, 6.07) is 21.6. The molecule has 1 aromatic heterocycles. The Kier molecular flexibility index (Phi) is 6.22. The SMILES string of the molecule is CCOC(=O)c1oc2cc(OCc3ccccc3)ccc2c(=O)c1-c1ccccc1OC. The van der Waals surface area contributed by atoms with Gasteiger partial charge in [-0.05, 0) is 30.7 Å². The lowest BCUT2D eigenvalue weighted by Gasteiger charge is -2.13. The number of ether oxygens (including phenoxy) is 3. The predicted molar refractivity (Wildman–Crippen MR) is 121 cm³/mol. The summed E-state index contributed by atoms with van der Waals surface area (Å²) < 4.78 is 22.3. The quantitative estimate of drug-likeness (QED) is 0.374. The Hall–Kier alpha value is -4.06. The second-order valence-corrected chi connectivity index (χ2v) is 6.99. The van der Waals surface area contributed by atoms with Crippen molar-refractivity contribution in [2.24, 2.45) is 0 Å². The van der Waals surface area contributed by atoms with E-state index in [1.165, 1.54) is 7.11 Å². The summed E-state index contributed by atoms with van der Waals surface area (Å²) in [5.74, 6) is 0.0777. The predicted octanol–water partition coefficient (Wildman–Crippen LogP) is 5.22. The van der Waals surface area contributed by atoms with Crippen molar-refractivity contribution < 1.29 is 23.4 Å². The molecule has 0 saturated heterocycles. The van der Waals surface area contributed by atoms with Crippen LogP contribution in [0.2, 0.25) is 0 Å². The first-order chi connectivity index (χ1) is 15.6. The molecule has 0 aliphatic rings. The molecule has 4 rings (SSSR count). The lowest BCUT2D eigenvalue weighted by molar-refractivity contribution is 0.0492. The van der Waals surface area contributed by atoms with Gasteiger partial charge >= 0.3 is 5.97 Å². The minimum absolute atomic E-state index is 0.103. The van der Waals surface area contributed by atoms with Crippen LogP contribution in [0.3, 0.4) is 0 Å². The van der Waals surface area contributed by atoms with Crippen molar-refractivity contribution in [2.75, 3.05) is 13.7 Å². The van der Waals surface area contributed by atoms with Crippen LogP contribution in [-0.2, 0) is 11.3 Å². The van der Waals surface area contributed by atoms with E-state index in [0.29, 0.717) is 29.1 Å². The van der Waals surface area contributed by atoms with E-state index < -0.39 is 5.97 Å². The van der Waals surface area contributed by atoms with Gasteiger partial charge in [-0.15, -0.1) is 0 Å². The zero-order valence-electron chi connectivity index (χ0n) is 17.8. The van der Waals surface area contributed by atoms with Gasteiger partial charge in [0.25, 0.3) is 0 Å².